The molecule has 1 aliphatic carbocycles. The highest BCUT2D eigenvalue weighted by molar-refractivity contribution is 9.09. The molecule has 124 valence electrons. The van der Waals surface area contributed by atoms with Crippen LogP contribution in [0.2, 0.25) is 0 Å². The zero-order chi connectivity index (χ0) is 15.5. The molecule has 1 amide bonds. The molecule has 0 aromatic rings. The number of alkyl halides is 1. The zero-order valence-corrected chi connectivity index (χ0v) is 14.4. The van der Waals surface area contributed by atoms with Gasteiger partial charge >= 0.3 is 0 Å². The van der Waals surface area contributed by atoms with Crippen LogP contribution in [0, 0.1) is 0 Å². The highest BCUT2D eigenvalue weighted by Gasteiger charge is 2.31. The van der Waals surface area contributed by atoms with Gasteiger partial charge in [0.1, 0.15) is 12.1 Å². The van der Waals surface area contributed by atoms with E-state index in [0.717, 1.165) is 12.8 Å². The van der Waals surface area contributed by atoms with E-state index in [1.165, 1.54) is 0 Å². The zero-order valence-electron chi connectivity index (χ0n) is 12.8. The number of ether oxygens (including phenoxy) is 4. The molecule has 0 atom stereocenters. The van der Waals surface area contributed by atoms with Gasteiger partial charge in [-0.2, -0.15) is 0 Å². The summed E-state index contributed by atoms with van der Waals surface area (Å²) in [5, 5.41) is 2.87. The van der Waals surface area contributed by atoms with Crippen LogP contribution >= 0.6 is 15.9 Å². The molecule has 1 rings (SSSR count). The summed E-state index contributed by atoms with van der Waals surface area (Å²) < 4.78 is 21.6. The predicted octanol–water partition coefficient (Wildman–Crippen LogP) is 1.46. The summed E-state index contributed by atoms with van der Waals surface area (Å²) in [5.74, 6) is -0.135. The average molecular weight is 368 g/mol. The molecule has 0 bridgehead atoms. The van der Waals surface area contributed by atoms with Crippen molar-refractivity contribution in [1.29, 1.82) is 0 Å². The monoisotopic (exact) mass is 367 g/mol. The van der Waals surface area contributed by atoms with E-state index in [9.17, 15) is 4.79 Å². The molecule has 0 aromatic heterocycles. The molecule has 0 spiro atoms. The second-order valence-corrected chi connectivity index (χ2v) is 5.34. The number of amides is 1. The van der Waals surface area contributed by atoms with Gasteiger partial charge in [0.05, 0.1) is 31.5 Å². The Balaban J connectivity index is 2.14. The SMILES string of the molecule is CCOCC(COCC)NC(=O)COC1CC(OCBr)C1. The standard InChI is InChI=1S/C14H26BrNO5/c1-3-18-7-11(8-19-4-2)16-14(17)9-20-12-5-13(6-12)21-10-15/h11-13H,3-10H2,1-2H3,(H,16,17). The summed E-state index contributed by atoms with van der Waals surface area (Å²) in [7, 11) is 0. The first kappa shape index (κ1) is 18.8. The molecule has 6 nitrogen and oxygen atoms in total. The van der Waals surface area contributed by atoms with E-state index in [1.54, 1.807) is 0 Å². The highest BCUT2D eigenvalue weighted by atomic mass is 79.9. The molecule has 1 fully saturated rings. The third-order valence-corrected chi connectivity index (χ3v) is 3.48. The summed E-state index contributed by atoms with van der Waals surface area (Å²) >= 11 is 3.22. The molecule has 1 saturated carbocycles. The fraction of sp³-hybridized carbons (Fsp3) is 0.929. The number of carbonyl (C=O) groups is 1. The second kappa shape index (κ2) is 11.4. The maximum atomic E-state index is 11.8. The van der Waals surface area contributed by atoms with Crippen molar-refractivity contribution in [3.63, 3.8) is 0 Å². The van der Waals surface area contributed by atoms with E-state index in [-0.39, 0.29) is 30.8 Å². The van der Waals surface area contributed by atoms with Gasteiger partial charge in [-0.15, -0.1) is 0 Å². The quantitative estimate of drug-likeness (QED) is 0.529. The Kier molecular flexibility index (Phi) is 10.2. The first-order valence-corrected chi connectivity index (χ1v) is 8.55. The normalized spacial score (nSPS) is 21.3. The summed E-state index contributed by atoms with van der Waals surface area (Å²) in [6.45, 7) is 6.05. The van der Waals surface area contributed by atoms with Gasteiger partial charge < -0.3 is 24.3 Å². The van der Waals surface area contributed by atoms with Gasteiger partial charge in [-0.25, -0.2) is 0 Å². The smallest absolute Gasteiger partial charge is 0.246 e. The molecule has 7 heteroatoms. The molecule has 0 heterocycles. The van der Waals surface area contributed by atoms with Crippen molar-refractivity contribution in [1.82, 2.24) is 5.32 Å². The molecular weight excluding hydrogens is 342 g/mol. The number of halogens is 1. The van der Waals surface area contributed by atoms with E-state index in [1.807, 2.05) is 13.8 Å². The Morgan fingerprint density at radius 3 is 2.24 bits per heavy atom. The van der Waals surface area contributed by atoms with Crippen LogP contribution in [-0.2, 0) is 23.7 Å². The number of carbonyl (C=O) groups excluding carboxylic acids is 1. The fourth-order valence-corrected chi connectivity index (χ4v) is 2.37. The van der Waals surface area contributed by atoms with Crippen LogP contribution in [0.4, 0.5) is 0 Å². The van der Waals surface area contributed by atoms with Gasteiger partial charge in [0.2, 0.25) is 5.91 Å². The first-order chi connectivity index (χ1) is 10.2. The van der Waals surface area contributed by atoms with Crippen molar-refractivity contribution in [3.8, 4) is 0 Å². The van der Waals surface area contributed by atoms with E-state index in [2.05, 4.69) is 21.2 Å². The Morgan fingerprint density at radius 1 is 1.14 bits per heavy atom. The Morgan fingerprint density at radius 2 is 1.71 bits per heavy atom. The van der Waals surface area contributed by atoms with Gasteiger partial charge in [0.25, 0.3) is 0 Å². The molecule has 0 radical (unpaired) electrons. The lowest BCUT2D eigenvalue weighted by Gasteiger charge is -2.34. The second-order valence-electron chi connectivity index (χ2n) is 4.89. The average Bonchev–Trinajstić information content (AvgIpc) is 2.44. The summed E-state index contributed by atoms with van der Waals surface area (Å²) in [6, 6.07) is -0.133. The van der Waals surface area contributed by atoms with E-state index < -0.39 is 0 Å². The number of hydrogen-bond donors (Lipinski definition) is 1. The number of nitrogens with one attached hydrogen (secondary N) is 1. The fourth-order valence-electron chi connectivity index (χ4n) is 1.99. The lowest BCUT2D eigenvalue weighted by Crippen LogP contribution is -2.45. The van der Waals surface area contributed by atoms with E-state index >= 15 is 0 Å². The van der Waals surface area contributed by atoms with Crippen LogP contribution in [0.1, 0.15) is 26.7 Å². The number of hydrogen-bond acceptors (Lipinski definition) is 5. The topological polar surface area (TPSA) is 66.0 Å². The van der Waals surface area contributed by atoms with E-state index in [4.69, 9.17) is 18.9 Å². The first-order valence-electron chi connectivity index (χ1n) is 7.43. The predicted molar refractivity (Wildman–Crippen MR) is 82.6 cm³/mol. The Hall–Kier alpha value is -0.210. The Labute approximate surface area is 135 Å². The maximum Gasteiger partial charge on any atom is 0.246 e. The molecule has 0 saturated heterocycles. The van der Waals surface area contributed by atoms with Gasteiger partial charge in [-0.05, 0) is 13.8 Å². The van der Waals surface area contributed by atoms with Crippen LogP contribution < -0.4 is 5.32 Å². The Bertz CT molecular complexity index is 279. The van der Waals surface area contributed by atoms with Crippen molar-refractivity contribution in [2.75, 3.05) is 38.6 Å². The minimum absolute atomic E-state index is 0.0699. The molecule has 1 N–H and O–H groups in total. The molecule has 1 aliphatic rings. The highest BCUT2D eigenvalue weighted by Crippen LogP contribution is 2.26. The third-order valence-electron chi connectivity index (χ3n) is 3.21. The lowest BCUT2D eigenvalue weighted by atomic mass is 9.92. The number of rotatable bonds is 12. The minimum atomic E-state index is -0.135. The van der Waals surface area contributed by atoms with Crippen molar-refractivity contribution < 1.29 is 23.7 Å². The summed E-state index contributed by atoms with van der Waals surface area (Å²) in [6.07, 6.45) is 2.07. The minimum Gasteiger partial charge on any atom is -0.380 e. The van der Waals surface area contributed by atoms with Crippen molar-refractivity contribution >= 4 is 21.8 Å². The van der Waals surface area contributed by atoms with E-state index in [0.29, 0.717) is 31.9 Å². The third kappa shape index (κ3) is 8.11. The molecule has 0 aliphatic heterocycles. The summed E-state index contributed by atoms with van der Waals surface area (Å²) in [5.41, 5.74) is 0.543. The van der Waals surface area contributed by atoms with Crippen molar-refractivity contribution in [2.45, 2.75) is 44.9 Å². The maximum absolute atomic E-state index is 11.8. The molecule has 21 heavy (non-hydrogen) atoms. The van der Waals surface area contributed by atoms with Crippen LogP contribution in [0.5, 0.6) is 0 Å². The van der Waals surface area contributed by atoms with Crippen molar-refractivity contribution in [3.05, 3.63) is 0 Å². The van der Waals surface area contributed by atoms with Gasteiger partial charge in [0, 0.05) is 26.1 Å². The van der Waals surface area contributed by atoms with Crippen LogP contribution in [0.25, 0.3) is 0 Å². The van der Waals surface area contributed by atoms with Crippen LogP contribution in [0.15, 0.2) is 0 Å². The van der Waals surface area contributed by atoms with Gasteiger partial charge in [-0.1, -0.05) is 15.9 Å². The lowest BCUT2D eigenvalue weighted by molar-refractivity contribution is -0.137. The van der Waals surface area contributed by atoms with Gasteiger partial charge in [-0.3, -0.25) is 4.79 Å². The largest absolute Gasteiger partial charge is 0.380 e. The van der Waals surface area contributed by atoms with Gasteiger partial charge in [0.15, 0.2) is 0 Å². The molecular formula is C14H26BrNO5. The van der Waals surface area contributed by atoms with Crippen molar-refractivity contribution in [2.24, 2.45) is 0 Å². The molecule has 0 aromatic carbocycles. The van der Waals surface area contributed by atoms with Crippen LogP contribution in [0.3, 0.4) is 0 Å². The molecule has 0 unspecified atom stereocenters. The van der Waals surface area contributed by atoms with Crippen LogP contribution in [-0.4, -0.2) is 62.7 Å². The summed E-state index contributed by atoms with van der Waals surface area (Å²) in [4.78, 5) is 11.8.